The largest absolute Gasteiger partial charge is 0.428 e. The van der Waals surface area contributed by atoms with E-state index in [0.717, 1.165) is 6.07 Å². The second kappa shape index (κ2) is 6.58. The average Bonchev–Trinajstić information content (AvgIpc) is 2.45. The van der Waals surface area contributed by atoms with Crippen molar-refractivity contribution in [2.24, 2.45) is 0 Å². The van der Waals surface area contributed by atoms with Gasteiger partial charge in [0.05, 0.1) is 11.1 Å². The molecule has 23 heavy (non-hydrogen) atoms. The molecule has 2 aromatic carbocycles. The molecule has 124 valence electrons. The molecule has 0 aliphatic heterocycles. The number of hydrogen-bond acceptors (Lipinski definition) is 1. The molecule has 2 aromatic rings. The van der Waals surface area contributed by atoms with Gasteiger partial charge in [-0.3, -0.25) is 0 Å². The first kappa shape index (κ1) is 17.9. The lowest BCUT2D eigenvalue weighted by Crippen LogP contribution is -2.13. The Bertz CT molecular complexity index is 693. The quantitative estimate of drug-likeness (QED) is 0.413. The summed E-state index contributed by atoms with van der Waals surface area (Å²) in [6.45, 7) is 0. The van der Waals surface area contributed by atoms with Gasteiger partial charge >= 0.3 is 12.4 Å². The number of benzene rings is 2. The third-order valence-corrected chi connectivity index (χ3v) is 3.63. The molecule has 1 nitrogen and oxygen atoms in total. The molecule has 0 aliphatic carbocycles. The van der Waals surface area contributed by atoms with Crippen molar-refractivity contribution in [2.45, 2.75) is 18.8 Å². The zero-order valence-corrected chi connectivity index (χ0v) is 13.5. The van der Waals surface area contributed by atoms with E-state index < -0.39 is 23.5 Å². The summed E-state index contributed by atoms with van der Waals surface area (Å²) in [5.41, 5.74) is -2.33. The normalized spacial score (nSPS) is 12.3. The van der Waals surface area contributed by atoms with Crippen molar-refractivity contribution < 1.29 is 29.4 Å². The van der Waals surface area contributed by atoms with Crippen LogP contribution in [0.4, 0.5) is 26.3 Å². The number of rotatable bonds is 3. The highest BCUT2D eigenvalue weighted by Crippen LogP contribution is 2.38. The monoisotopic (exact) mass is 446 g/mol. The predicted octanol–water partition coefficient (Wildman–Crippen LogP) is 6.04. The molecular formula is C15H9F6IO. The third kappa shape index (κ3) is 4.52. The first-order valence-corrected chi connectivity index (χ1v) is 7.14. The zero-order valence-electron chi connectivity index (χ0n) is 11.3. The second-order valence-corrected chi connectivity index (χ2v) is 5.21. The van der Waals surface area contributed by atoms with E-state index in [-0.39, 0.29) is 18.1 Å². The van der Waals surface area contributed by atoms with Crippen LogP contribution in [0.1, 0.15) is 22.3 Å². The van der Waals surface area contributed by atoms with Gasteiger partial charge in [0.15, 0.2) is 23.0 Å². The minimum absolute atomic E-state index is 0.147. The molecular weight excluding hydrogens is 437 g/mol. The summed E-state index contributed by atoms with van der Waals surface area (Å²) < 4.78 is 82.1. The summed E-state index contributed by atoms with van der Waals surface area (Å²) in [6.07, 6.45) is -9.84. The lowest BCUT2D eigenvalue weighted by molar-refractivity contribution is -0.143. The van der Waals surface area contributed by atoms with E-state index in [2.05, 4.69) is 0 Å². The van der Waals surface area contributed by atoms with Crippen LogP contribution in [-0.2, 0) is 18.8 Å². The topological polar surface area (TPSA) is 9.23 Å². The van der Waals surface area contributed by atoms with E-state index >= 15 is 0 Å². The lowest BCUT2D eigenvalue weighted by Gasteiger charge is -2.16. The lowest BCUT2D eigenvalue weighted by atomic mass is 9.97. The Hall–Kier alpha value is -1.45. The smallest absolute Gasteiger partial charge is 0.416 e. The summed E-state index contributed by atoms with van der Waals surface area (Å²) in [5.74, 6) is 0.448. The molecule has 0 saturated carbocycles. The van der Waals surface area contributed by atoms with Crippen LogP contribution in [0.3, 0.4) is 0 Å². The van der Waals surface area contributed by atoms with Crippen LogP contribution in [0.2, 0.25) is 0 Å². The van der Waals surface area contributed by atoms with Crippen LogP contribution in [0.5, 0.6) is 5.75 Å². The average molecular weight is 446 g/mol. The Morgan fingerprint density at radius 3 is 2.13 bits per heavy atom. The highest BCUT2D eigenvalue weighted by atomic mass is 127. The summed E-state index contributed by atoms with van der Waals surface area (Å²) in [7, 11) is 0. The fourth-order valence-electron chi connectivity index (χ4n) is 2.09. The molecule has 0 unspecified atom stereocenters. The van der Waals surface area contributed by atoms with Crippen molar-refractivity contribution >= 4 is 23.0 Å². The van der Waals surface area contributed by atoms with E-state index in [1.807, 2.05) is 0 Å². The number of hydrogen-bond donors (Lipinski definition) is 0. The highest BCUT2D eigenvalue weighted by Gasteiger charge is 2.37. The molecule has 2 rings (SSSR count). The molecule has 0 N–H and O–H groups in total. The zero-order chi connectivity index (χ0) is 17.3. The van der Waals surface area contributed by atoms with Crippen molar-refractivity contribution in [1.82, 2.24) is 0 Å². The second-order valence-electron chi connectivity index (χ2n) is 4.77. The molecule has 0 fully saturated rings. The Balaban J connectivity index is 2.45. The standard InChI is InChI=1S/C15H9F6IO/c16-14(17,18)11-5-4-10(13(8-11)15(19,20)21)6-9-2-1-3-12(7-9)23-22/h1-5,7-8H,6H2. The summed E-state index contributed by atoms with van der Waals surface area (Å²) in [4.78, 5) is 0. The fourth-order valence-corrected chi connectivity index (χ4v) is 2.37. The van der Waals surface area contributed by atoms with Crippen molar-refractivity contribution in [3.05, 3.63) is 64.7 Å². The maximum atomic E-state index is 13.1. The molecule has 0 amide bonds. The van der Waals surface area contributed by atoms with Gasteiger partial charge in [0, 0.05) is 0 Å². The minimum atomic E-state index is -4.87. The van der Waals surface area contributed by atoms with Gasteiger partial charge in [-0.05, 0) is 41.8 Å². The van der Waals surface area contributed by atoms with Crippen LogP contribution in [-0.4, -0.2) is 0 Å². The summed E-state index contributed by atoms with van der Waals surface area (Å²) in [6, 6.07) is 8.00. The molecule has 8 heteroatoms. The van der Waals surface area contributed by atoms with Gasteiger partial charge in [-0.15, -0.1) is 0 Å². The van der Waals surface area contributed by atoms with Crippen molar-refractivity contribution in [1.29, 1.82) is 0 Å². The van der Waals surface area contributed by atoms with Crippen LogP contribution >= 0.6 is 23.0 Å². The van der Waals surface area contributed by atoms with E-state index in [4.69, 9.17) is 3.07 Å². The van der Waals surface area contributed by atoms with Gasteiger partial charge in [-0.25, -0.2) is 0 Å². The van der Waals surface area contributed by atoms with Crippen LogP contribution in [0.25, 0.3) is 0 Å². The van der Waals surface area contributed by atoms with E-state index in [0.29, 0.717) is 17.4 Å². The molecule has 0 radical (unpaired) electrons. The Morgan fingerprint density at radius 2 is 1.57 bits per heavy atom. The van der Waals surface area contributed by atoms with Crippen molar-refractivity contribution in [2.75, 3.05) is 0 Å². The first-order valence-electron chi connectivity index (χ1n) is 6.26. The molecule has 0 saturated heterocycles. The van der Waals surface area contributed by atoms with Crippen molar-refractivity contribution in [3.63, 3.8) is 0 Å². The molecule has 0 heterocycles. The molecule has 0 atom stereocenters. The van der Waals surface area contributed by atoms with Gasteiger partial charge < -0.3 is 3.07 Å². The summed E-state index contributed by atoms with van der Waals surface area (Å²) >= 11 is 1.63. The summed E-state index contributed by atoms with van der Waals surface area (Å²) in [5, 5.41) is 0. The fraction of sp³-hybridized carbons (Fsp3) is 0.200. The molecule has 0 bridgehead atoms. The van der Waals surface area contributed by atoms with Gasteiger partial charge in [0.25, 0.3) is 0 Å². The molecule has 0 spiro atoms. The van der Waals surface area contributed by atoms with Gasteiger partial charge in [0.2, 0.25) is 0 Å². The maximum Gasteiger partial charge on any atom is 0.416 e. The molecule has 0 aromatic heterocycles. The van der Waals surface area contributed by atoms with Gasteiger partial charge in [0.1, 0.15) is 5.75 Å². The number of alkyl halides is 6. The van der Waals surface area contributed by atoms with E-state index in [9.17, 15) is 26.3 Å². The van der Waals surface area contributed by atoms with Gasteiger partial charge in [-0.2, -0.15) is 26.3 Å². The first-order chi connectivity index (χ1) is 10.6. The van der Waals surface area contributed by atoms with Crippen LogP contribution in [0, 0.1) is 0 Å². The molecule has 0 aliphatic rings. The third-order valence-electron chi connectivity index (χ3n) is 3.12. The predicted molar refractivity (Wildman–Crippen MR) is 80.3 cm³/mol. The Labute approximate surface area is 142 Å². The minimum Gasteiger partial charge on any atom is -0.428 e. The van der Waals surface area contributed by atoms with Crippen LogP contribution in [0.15, 0.2) is 42.5 Å². The van der Waals surface area contributed by atoms with Crippen LogP contribution < -0.4 is 3.07 Å². The van der Waals surface area contributed by atoms with Crippen molar-refractivity contribution in [3.8, 4) is 5.75 Å². The van der Waals surface area contributed by atoms with E-state index in [1.165, 1.54) is 6.07 Å². The Kier molecular flexibility index (Phi) is 5.12. The van der Waals surface area contributed by atoms with E-state index in [1.54, 1.807) is 41.2 Å². The SMILES string of the molecule is FC(F)(F)c1ccc(Cc2cccc(OI)c2)c(C(F)(F)F)c1. The number of halogens is 7. The van der Waals surface area contributed by atoms with Gasteiger partial charge in [-0.1, -0.05) is 18.2 Å². The highest BCUT2D eigenvalue weighted by molar-refractivity contribution is 14.1. The Morgan fingerprint density at radius 1 is 0.870 bits per heavy atom. The maximum absolute atomic E-state index is 13.1.